The summed E-state index contributed by atoms with van der Waals surface area (Å²) >= 11 is 0. The lowest BCUT2D eigenvalue weighted by Crippen LogP contribution is -2.26. The maximum atomic E-state index is 11.7. The smallest absolute Gasteiger partial charge is 0.312 e. The third-order valence-corrected chi connectivity index (χ3v) is 3.30. The summed E-state index contributed by atoms with van der Waals surface area (Å²) in [6.07, 6.45) is 6.52. The molecule has 0 bridgehead atoms. The van der Waals surface area contributed by atoms with Gasteiger partial charge in [-0.2, -0.15) is 10.2 Å². The molecule has 9 nitrogen and oxygen atoms in total. The number of hydrogen-bond acceptors (Lipinski definition) is 5. The fourth-order valence-electron chi connectivity index (χ4n) is 2.21. The van der Waals surface area contributed by atoms with Crippen LogP contribution in [-0.2, 0) is 18.4 Å². The summed E-state index contributed by atoms with van der Waals surface area (Å²) in [5.74, 6) is -0.245. The van der Waals surface area contributed by atoms with Crippen molar-refractivity contribution in [2.24, 2.45) is 7.05 Å². The molecule has 2 aromatic heterocycles. The maximum absolute atomic E-state index is 11.7. The number of nitrogens with zero attached hydrogens (tertiary/aromatic N) is 5. The van der Waals surface area contributed by atoms with E-state index in [9.17, 15) is 14.9 Å². The number of hydrogen-bond donors (Lipinski definition) is 1. The van der Waals surface area contributed by atoms with Crippen molar-refractivity contribution in [3.8, 4) is 0 Å². The number of amides is 1. The van der Waals surface area contributed by atoms with Crippen molar-refractivity contribution in [3.05, 3.63) is 45.5 Å². The van der Waals surface area contributed by atoms with Gasteiger partial charge in [0.15, 0.2) is 0 Å². The van der Waals surface area contributed by atoms with Crippen molar-refractivity contribution in [2.45, 2.75) is 20.4 Å². The summed E-state index contributed by atoms with van der Waals surface area (Å²) in [6.45, 7) is 3.93. The molecule has 0 aromatic carbocycles. The number of aromatic nitrogens is 4. The van der Waals surface area contributed by atoms with Gasteiger partial charge in [0.05, 0.1) is 17.7 Å². The summed E-state index contributed by atoms with van der Waals surface area (Å²) < 4.78 is 3.17. The van der Waals surface area contributed by atoms with Crippen molar-refractivity contribution in [2.75, 3.05) is 6.54 Å². The van der Waals surface area contributed by atoms with Crippen LogP contribution >= 0.6 is 0 Å². The highest BCUT2D eigenvalue weighted by Gasteiger charge is 2.21. The normalized spacial score (nSPS) is 11.1. The lowest BCUT2D eigenvalue weighted by Gasteiger charge is -2.04. The number of nitro groups is 1. The first-order valence-corrected chi connectivity index (χ1v) is 7.01. The van der Waals surface area contributed by atoms with Gasteiger partial charge in [-0.3, -0.25) is 24.3 Å². The molecule has 2 heterocycles. The second-order valence-corrected chi connectivity index (χ2v) is 5.07. The van der Waals surface area contributed by atoms with E-state index < -0.39 is 4.92 Å². The number of rotatable bonds is 6. The van der Waals surface area contributed by atoms with Crippen molar-refractivity contribution >= 4 is 17.7 Å². The van der Waals surface area contributed by atoms with Gasteiger partial charge in [0.2, 0.25) is 5.91 Å². The zero-order valence-corrected chi connectivity index (χ0v) is 13.2. The zero-order chi connectivity index (χ0) is 17.0. The van der Waals surface area contributed by atoms with E-state index in [0.717, 1.165) is 5.56 Å². The Hall–Kier alpha value is -2.97. The first kappa shape index (κ1) is 16.4. The molecule has 0 radical (unpaired) electrons. The van der Waals surface area contributed by atoms with Crippen molar-refractivity contribution in [3.63, 3.8) is 0 Å². The molecule has 1 N–H and O–H groups in total. The van der Waals surface area contributed by atoms with E-state index in [1.807, 2.05) is 0 Å². The second-order valence-electron chi connectivity index (χ2n) is 5.07. The quantitative estimate of drug-likeness (QED) is 0.485. The molecule has 0 aliphatic heterocycles. The van der Waals surface area contributed by atoms with Crippen LogP contribution in [0.3, 0.4) is 0 Å². The molecular weight excluding hydrogens is 300 g/mol. The van der Waals surface area contributed by atoms with E-state index in [-0.39, 0.29) is 11.6 Å². The molecule has 0 spiro atoms. The lowest BCUT2D eigenvalue weighted by molar-refractivity contribution is -0.386. The van der Waals surface area contributed by atoms with E-state index in [1.165, 1.54) is 10.8 Å². The van der Waals surface area contributed by atoms with Crippen molar-refractivity contribution in [1.82, 2.24) is 24.9 Å². The highest BCUT2D eigenvalue weighted by molar-refractivity contribution is 5.91. The monoisotopic (exact) mass is 318 g/mol. The van der Waals surface area contributed by atoms with Gasteiger partial charge in [0.1, 0.15) is 11.4 Å². The van der Waals surface area contributed by atoms with Gasteiger partial charge in [0, 0.05) is 31.4 Å². The van der Waals surface area contributed by atoms with Crippen LogP contribution in [0.15, 0.2) is 18.5 Å². The molecule has 122 valence electrons. The molecule has 0 saturated carbocycles. The van der Waals surface area contributed by atoms with E-state index in [2.05, 4.69) is 15.5 Å². The highest BCUT2D eigenvalue weighted by atomic mass is 16.6. The van der Waals surface area contributed by atoms with Crippen LogP contribution in [0.2, 0.25) is 0 Å². The average molecular weight is 318 g/mol. The Labute approximate surface area is 132 Å². The van der Waals surface area contributed by atoms with Gasteiger partial charge in [-0.15, -0.1) is 0 Å². The average Bonchev–Trinajstić information content (AvgIpc) is 3.00. The largest absolute Gasteiger partial charge is 0.351 e. The van der Waals surface area contributed by atoms with Crippen LogP contribution in [0, 0.1) is 24.0 Å². The Morgan fingerprint density at radius 2 is 2.22 bits per heavy atom. The van der Waals surface area contributed by atoms with E-state index in [4.69, 9.17) is 0 Å². The third-order valence-electron chi connectivity index (χ3n) is 3.30. The van der Waals surface area contributed by atoms with Crippen LogP contribution in [-0.4, -0.2) is 36.9 Å². The minimum Gasteiger partial charge on any atom is -0.351 e. The Morgan fingerprint density at radius 3 is 2.78 bits per heavy atom. The first-order valence-electron chi connectivity index (χ1n) is 7.01. The molecule has 0 atom stereocenters. The number of aryl methyl sites for hydroxylation is 2. The minimum atomic E-state index is -0.441. The molecule has 0 fully saturated rings. The predicted molar refractivity (Wildman–Crippen MR) is 83.6 cm³/mol. The number of carbonyl (C=O) groups excluding carboxylic acids is 1. The Morgan fingerprint density at radius 1 is 1.48 bits per heavy atom. The van der Waals surface area contributed by atoms with Crippen LogP contribution < -0.4 is 5.32 Å². The summed E-state index contributed by atoms with van der Waals surface area (Å²) in [7, 11) is 1.80. The maximum Gasteiger partial charge on any atom is 0.312 e. The van der Waals surface area contributed by atoms with Crippen LogP contribution in [0.5, 0.6) is 0 Å². The second kappa shape index (κ2) is 6.86. The van der Waals surface area contributed by atoms with Crippen LogP contribution in [0.4, 0.5) is 5.69 Å². The van der Waals surface area contributed by atoms with Gasteiger partial charge in [-0.1, -0.05) is 0 Å². The highest BCUT2D eigenvalue weighted by Crippen LogP contribution is 2.21. The summed E-state index contributed by atoms with van der Waals surface area (Å²) in [5, 5.41) is 21.8. The summed E-state index contributed by atoms with van der Waals surface area (Å²) in [5.41, 5.74) is 1.70. The van der Waals surface area contributed by atoms with Crippen LogP contribution in [0.1, 0.15) is 17.0 Å². The molecule has 0 unspecified atom stereocenters. The number of carbonyl (C=O) groups is 1. The van der Waals surface area contributed by atoms with Crippen molar-refractivity contribution < 1.29 is 9.72 Å². The summed E-state index contributed by atoms with van der Waals surface area (Å²) in [4.78, 5) is 22.2. The molecule has 9 heteroatoms. The fourth-order valence-corrected chi connectivity index (χ4v) is 2.21. The molecule has 0 aliphatic rings. The van der Waals surface area contributed by atoms with E-state index in [0.29, 0.717) is 24.5 Å². The van der Waals surface area contributed by atoms with Gasteiger partial charge in [0.25, 0.3) is 0 Å². The lowest BCUT2D eigenvalue weighted by atomic mass is 10.3. The van der Waals surface area contributed by atoms with E-state index in [1.54, 1.807) is 44.0 Å². The third kappa shape index (κ3) is 4.02. The molecule has 0 aliphatic carbocycles. The Kier molecular flexibility index (Phi) is 4.89. The van der Waals surface area contributed by atoms with Gasteiger partial charge in [-0.05, 0) is 19.9 Å². The predicted octanol–water partition coefficient (Wildman–Crippen LogP) is 0.971. The minimum absolute atomic E-state index is 0.0211. The zero-order valence-electron chi connectivity index (χ0n) is 13.2. The van der Waals surface area contributed by atoms with Gasteiger partial charge in [-0.25, -0.2) is 0 Å². The van der Waals surface area contributed by atoms with Gasteiger partial charge >= 0.3 is 5.69 Å². The first-order chi connectivity index (χ1) is 10.9. The molecular formula is C14H18N6O3. The molecule has 2 rings (SSSR count). The topological polar surface area (TPSA) is 108 Å². The molecule has 0 saturated heterocycles. The van der Waals surface area contributed by atoms with Crippen LogP contribution in [0.25, 0.3) is 6.08 Å². The Balaban J connectivity index is 1.87. The Bertz CT molecular complexity index is 759. The molecule has 23 heavy (non-hydrogen) atoms. The number of nitrogens with one attached hydrogen (secondary N) is 1. The van der Waals surface area contributed by atoms with E-state index >= 15 is 0 Å². The standard InChI is InChI=1S/C14H18N6O3/c1-10-14(20(22)23)11(2)19(17-10)7-6-15-13(21)5-4-12-8-16-18(3)9-12/h4-5,8-9H,6-7H2,1-3H3,(H,15,21)/b5-4+. The van der Waals surface area contributed by atoms with Gasteiger partial charge < -0.3 is 5.32 Å². The van der Waals surface area contributed by atoms with Crippen molar-refractivity contribution in [1.29, 1.82) is 0 Å². The SMILES string of the molecule is Cc1nn(CCNC(=O)/C=C/c2cnn(C)c2)c(C)c1[N+](=O)[O-]. The fraction of sp³-hybridized carbons (Fsp3) is 0.357. The summed E-state index contributed by atoms with van der Waals surface area (Å²) in [6, 6.07) is 0. The molecule has 2 aromatic rings. The molecule has 1 amide bonds.